The summed E-state index contributed by atoms with van der Waals surface area (Å²) in [5.41, 5.74) is 1.02. The molecule has 0 bridgehead atoms. The van der Waals surface area contributed by atoms with E-state index in [0.717, 1.165) is 10.6 Å². The highest BCUT2D eigenvalue weighted by Gasteiger charge is 2.20. The van der Waals surface area contributed by atoms with Crippen LogP contribution in [-0.2, 0) is 4.79 Å². The fourth-order valence-electron chi connectivity index (χ4n) is 2.34. The molecule has 6 nitrogen and oxygen atoms in total. The molecule has 27 heavy (non-hydrogen) atoms. The number of carbonyl (C=O) groups is 2. The maximum Gasteiger partial charge on any atom is 0.253 e. The Morgan fingerprint density at radius 3 is 2.70 bits per heavy atom. The third-order valence-corrected chi connectivity index (χ3v) is 5.62. The van der Waals surface area contributed by atoms with Gasteiger partial charge in [-0.3, -0.25) is 14.7 Å². The Hall–Kier alpha value is -2.35. The first-order chi connectivity index (χ1) is 12.8. The first kappa shape index (κ1) is 19.4. The quantitative estimate of drug-likeness (QED) is 0.564. The van der Waals surface area contributed by atoms with Gasteiger partial charge in [0.15, 0.2) is 5.82 Å². The lowest BCUT2D eigenvalue weighted by atomic mass is 10.2. The van der Waals surface area contributed by atoms with Gasteiger partial charge in [0.25, 0.3) is 5.91 Å². The Bertz CT molecular complexity index is 999. The molecule has 1 aromatic carbocycles. The molecule has 2 amide bonds. The Kier molecular flexibility index (Phi) is 5.84. The molecule has 1 unspecified atom stereocenters. The third-order valence-electron chi connectivity index (χ3n) is 3.77. The molecule has 0 aliphatic heterocycles. The number of hydrogen-bond donors (Lipinski definition) is 3. The van der Waals surface area contributed by atoms with Crippen LogP contribution in [0.4, 0.5) is 5.82 Å². The van der Waals surface area contributed by atoms with E-state index in [4.69, 9.17) is 23.2 Å². The molecule has 0 radical (unpaired) electrons. The van der Waals surface area contributed by atoms with Crippen LogP contribution in [0.2, 0.25) is 10.0 Å². The van der Waals surface area contributed by atoms with Crippen molar-refractivity contribution in [1.82, 2.24) is 15.5 Å². The molecule has 3 aromatic rings. The van der Waals surface area contributed by atoms with Crippen molar-refractivity contribution in [2.45, 2.75) is 19.9 Å². The highest BCUT2D eigenvalue weighted by Crippen LogP contribution is 2.27. The fraction of sp³-hybridized carbons (Fsp3) is 0.167. The summed E-state index contributed by atoms with van der Waals surface area (Å²) < 4.78 is 0. The number of nitrogens with zero attached hydrogens (tertiary/aromatic N) is 1. The lowest BCUT2D eigenvalue weighted by Crippen LogP contribution is -2.41. The van der Waals surface area contributed by atoms with Crippen LogP contribution in [0.25, 0.3) is 10.6 Å². The summed E-state index contributed by atoms with van der Waals surface area (Å²) in [4.78, 5) is 26.9. The highest BCUT2D eigenvalue weighted by atomic mass is 35.5. The van der Waals surface area contributed by atoms with Crippen LogP contribution in [0.1, 0.15) is 22.2 Å². The molecule has 0 saturated carbocycles. The third kappa shape index (κ3) is 4.50. The summed E-state index contributed by atoms with van der Waals surface area (Å²) in [6.07, 6.45) is 0. The average Bonchev–Trinajstić information content (AvgIpc) is 3.26. The number of amides is 2. The van der Waals surface area contributed by atoms with Crippen molar-refractivity contribution >= 4 is 52.2 Å². The minimum absolute atomic E-state index is 0.146. The van der Waals surface area contributed by atoms with Gasteiger partial charge in [-0.2, -0.15) is 5.10 Å². The van der Waals surface area contributed by atoms with Crippen molar-refractivity contribution < 1.29 is 9.59 Å². The monoisotopic (exact) mass is 422 g/mol. The number of nitrogens with one attached hydrogen (secondary N) is 3. The Balaban J connectivity index is 1.63. The van der Waals surface area contributed by atoms with Crippen LogP contribution >= 0.6 is 34.5 Å². The zero-order valence-corrected chi connectivity index (χ0v) is 16.8. The lowest BCUT2D eigenvalue weighted by molar-refractivity contribution is -0.117. The van der Waals surface area contributed by atoms with Crippen LogP contribution in [-0.4, -0.2) is 28.1 Å². The van der Waals surface area contributed by atoms with E-state index < -0.39 is 17.9 Å². The highest BCUT2D eigenvalue weighted by molar-refractivity contribution is 7.15. The van der Waals surface area contributed by atoms with Gasteiger partial charge in [0.1, 0.15) is 6.04 Å². The zero-order chi connectivity index (χ0) is 19.6. The molecule has 2 aromatic heterocycles. The van der Waals surface area contributed by atoms with Gasteiger partial charge >= 0.3 is 0 Å². The average molecular weight is 423 g/mol. The Morgan fingerprint density at radius 2 is 2.00 bits per heavy atom. The SMILES string of the molecule is Cc1ccc(-c2cc(NC(=O)C(C)NC(=O)c3cccc(Cl)c3Cl)n[nH]2)s1. The summed E-state index contributed by atoms with van der Waals surface area (Å²) in [6, 6.07) is 9.68. The van der Waals surface area contributed by atoms with E-state index in [9.17, 15) is 9.59 Å². The lowest BCUT2D eigenvalue weighted by Gasteiger charge is -2.14. The number of aromatic amines is 1. The molecule has 3 rings (SSSR count). The first-order valence-electron chi connectivity index (χ1n) is 8.03. The summed E-state index contributed by atoms with van der Waals surface area (Å²) in [5, 5.41) is 12.7. The molecule has 0 aliphatic carbocycles. The number of halogens is 2. The first-order valence-corrected chi connectivity index (χ1v) is 9.60. The second-order valence-corrected chi connectivity index (χ2v) is 7.94. The number of carbonyl (C=O) groups excluding carboxylic acids is 2. The van der Waals surface area contributed by atoms with Gasteiger partial charge in [-0.25, -0.2) is 0 Å². The normalized spacial score (nSPS) is 11.9. The summed E-state index contributed by atoms with van der Waals surface area (Å²) in [5.74, 6) is -0.508. The van der Waals surface area contributed by atoms with Crippen LogP contribution in [0.3, 0.4) is 0 Å². The van der Waals surface area contributed by atoms with Crippen molar-refractivity contribution in [3.63, 3.8) is 0 Å². The number of anilines is 1. The number of hydrogen-bond acceptors (Lipinski definition) is 4. The molecule has 3 N–H and O–H groups in total. The van der Waals surface area contributed by atoms with Crippen molar-refractivity contribution in [2.24, 2.45) is 0 Å². The van der Waals surface area contributed by atoms with E-state index >= 15 is 0 Å². The molecule has 0 aliphatic rings. The largest absolute Gasteiger partial charge is 0.340 e. The number of rotatable bonds is 5. The molecule has 0 spiro atoms. The molecule has 1 atom stereocenters. The van der Waals surface area contributed by atoms with Crippen molar-refractivity contribution in [3.05, 3.63) is 56.9 Å². The second kappa shape index (κ2) is 8.12. The minimum Gasteiger partial charge on any atom is -0.340 e. The number of H-pyrrole nitrogens is 1. The predicted molar refractivity (Wildman–Crippen MR) is 109 cm³/mol. The van der Waals surface area contributed by atoms with E-state index in [1.54, 1.807) is 36.5 Å². The molecular weight excluding hydrogens is 407 g/mol. The van der Waals surface area contributed by atoms with E-state index in [1.807, 2.05) is 19.1 Å². The molecule has 140 valence electrons. The molecular formula is C18H16Cl2N4O2S. The minimum atomic E-state index is -0.795. The van der Waals surface area contributed by atoms with Crippen LogP contribution in [0.5, 0.6) is 0 Å². The van der Waals surface area contributed by atoms with Gasteiger partial charge in [0.05, 0.1) is 26.2 Å². The summed E-state index contributed by atoms with van der Waals surface area (Å²) in [6.45, 7) is 3.59. The summed E-state index contributed by atoms with van der Waals surface area (Å²) in [7, 11) is 0. The Labute approximate surface area is 169 Å². The van der Waals surface area contributed by atoms with Gasteiger partial charge in [-0.15, -0.1) is 11.3 Å². The van der Waals surface area contributed by atoms with E-state index in [1.165, 1.54) is 10.9 Å². The smallest absolute Gasteiger partial charge is 0.253 e. The number of aromatic nitrogens is 2. The zero-order valence-electron chi connectivity index (χ0n) is 14.5. The number of benzene rings is 1. The van der Waals surface area contributed by atoms with Gasteiger partial charge in [0.2, 0.25) is 5.91 Å². The van der Waals surface area contributed by atoms with E-state index in [0.29, 0.717) is 5.82 Å². The van der Waals surface area contributed by atoms with Crippen molar-refractivity contribution in [3.8, 4) is 10.6 Å². The van der Waals surface area contributed by atoms with Crippen molar-refractivity contribution in [1.29, 1.82) is 0 Å². The standard InChI is InChI=1S/C18H16Cl2N4O2S/c1-9-6-7-14(27-9)13-8-15(24-23-13)22-17(25)10(2)21-18(26)11-4-3-5-12(19)16(11)20/h3-8,10H,1-2H3,(H,21,26)(H2,22,23,24,25). The topological polar surface area (TPSA) is 86.9 Å². The predicted octanol–water partition coefficient (Wildman–Crippen LogP) is 4.51. The van der Waals surface area contributed by atoms with Crippen LogP contribution in [0, 0.1) is 6.92 Å². The van der Waals surface area contributed by atoms with E-state index in [-0.39, 0.29) is 15.6 Å². The number of thiophene rings is 1. The second-order valence-electron chi connectivity index (χ2n) is 5.86. The maximum atomic E-state index is 12.3. The fourth-order valence-corrected chi connectivity index (χ4v) is 3.56. The molecule has 0 saturated heterocycles. The Morgan fingerprint density at radius 1 is 1.22 bits per heavy atom. The van der Waals surface area contributed by atoms with Crippen LogP contribution < -0.4 is 10.6 Å². The van der Waals surface area contributed by atoms with E-state index in [2.05, 4.69) is 20.8 Å². The van der Waals surface area contributed by atoms with Gasteiger partial charge in [0, 0.05) is 10.9 Å². The number of aryl methyl sites for hydroxylation is 1. The van der Waals surface area contributed by atoms with Crippen molar-refractivity contribution in [2.75, 3.05) is 5.32 Å². The maximum absolute atomic E-state index is 12.3. The van der Waals surface area contributed by atoms with Gasteiger partial charge in [-0.05, 0) is 38.1 Å². The van der Waals surface area contributed by atoms with Gasteiger partial charge in [-0.1, -0.05) is 29.3 Å². The van der Waals surface area contributed by atoms with Crippen LogP contribution in [0.15, 0.2) is 36.4 Å². The van der Waals surface area contributed by atoms with Gasteiger partial charge < -0.3 is 10.6 Å². The summed E-state index contributed by atoms with van der Waals surface area (Å²) >= 11 is 13.6. The molecule has 9 heteroatoms. The molecule has 2 heterocycles. The molecule has 0 fully saturated rings.